The van der Waals surface area contributed by atoms with E-state index in [1.165, 1.54) is 12.1 Å². The molecule has 0 amide bonds. The van der Waals surface area contributed by atoms with Gasteiger partial charge in [0, 0.05) is 7.14 Å². The average molecular weight is 601 g/mol. The van der Waals surface area contributed by atoms with Crippen molar-refractivity contribution < 1.29 is 40.1 Å². The van der Waals surface area contributed by atoms with Crippen molar-refractivity contribution in [2.24, 2.45) is 0 Å². The SMILES string of the molecule is O=C(Oc1c(F)c(F)c(S(=O)(=O)[O-])c(F)c1F)c1cc(I)ccc1I. The van der Waals surface area contributed by atoms with Crippen molar-refractivity contribution in [3.05, 3.63) is 54.2 Å². The number of halogens is 6. The van der Waals surface area contributed by atoms with E-state index in [4.69, 9.17) is 0 Å². The number of carbonyl (C=O) groups is 1. The van der Waals surface area contributed by atoms with E-state index in [0.717, 1.165) is 0 Å². The largest absolute Gasteiger partial charge is 0.744 e. The van der Waals surface area contributed by atoms with Gasteiger partial charge in [-0.3, -0.25) is 0 Å². The lowest BCUT2D eigenvalue weighted by atomic mass is 10.2. The number of hydrogen-bond donors (Lipinski definition) is 0. The molecular formula is C13H3F4I2O5S-. The fraction of sp³-hybridized carbons (Fsp3) is 0. The van der Waals surface area contributed by atoms with Crippen molar-refractivity contribution in [1.29, 1.82) is 0 Å². The van der Waals surface area contributed by atoms with Gasteiger partial charge in [0.25, 0.3) is 0 Å². The molecule has 0 spiro atoms. The van der Waals surface area contributed by atoms with E-state index in [0.29, 0.717) is 7.14 Å². The summed E-state index contributed by atoms with van der Waals surface area (Å²) in [5.74, 6) is -12.7. The smallest absolute Gasteiger partial charge is 0.344 e. The Morgan fingerprint density at radius 2 is 1.52 bits per heavy atom. The Morgan fingerprint density at radius 1 is 1.00 bits per heavy atom. The van der Waals surface area contributed by atoms with Crippen LogP contribution >= 0.6 is 45.2 Å². The van der Waals surface area contributed by atoms with Crippen molar-refractivity contribution in [2.75, 3.05) is 0 Å². The molecule has 0 unspecified atom stereocenters. The lowest BCUT2D eigenvalue weighted by Gasteiger charge is -2.14. The molecule has 0 N–H and O–H groups in total. The predicted molar refractivity (Wildman–Crippen MR) is 91.1 cm³/mol. The maximum atomic E-state index is 13.8. The summed E-state index contributed by atoms with van der Waals surface area (Å²) >= 11 is 3.56. The topological polar surface area (TPSA) is 83.5 Å². The number of esters is 1. The molecule has 5 nitrogen and oxygen atoms in total. The maximum absolute atomic E-state index is 13.8. The van der Waals surface area contributed by atoms with E-state index in [-0.39, 0.29) is 5.56 Å². The molecule has 25 heavy (non-hydrogen) atoms. The third-order valence-electron chi connectivity index (χ3n) is 2.78. The molecule has 0 radical (unpaired) electrons. The van der Waals surface area contributed by atoms with Crippen molar-refractivity contribution in [3.8, 4) is 5.75 Å². The Hall–Kier alpha value is -1.00. The molecule has 0 saturated carbocycles. The lowest BCUT2D eigenvalue weighted by molar-refractivity contribution is 0.0715. The van der Waals surface area contributed by atoms with Crippen LogP contribution in [0.2, 0.25) is 0 Å². The summed E-state index contributed by atoms with van der Waals surface area (Å²) in [6.45, 7) is 0. The summed E-state index contributed by atoms with van der Waals surface area (Å²) in [6.07, 6.45) is 0. The highest BCUT2D eigenvalue weighted by Crippen LogP contribution is 2.33. The van der Waals surface area contributed by atoms with Crippen molar-refractivity contribution in [1.82, 2.24) is 0 Å². The minimum Gasteiger partial charge on any atom is -0.744 e. The van der Waals surface area contributed by atoms with Crippen LogP contribution in [-0.4, -0.2) is 18.9 Å². The standard InChI is InChI=1S/C13H4F4I2O5S/c14-7-9(16)12(25(21,22)23)10(17)8(15)11(7)24-13(20)5-3-4(18)1-2-6(5)19/h1-3H,(H,21,22,23)/p-1. The van der Waals surface area contributed by atoms with Gasteiger partial charge in [-0.05, 0) is 63.4 Å². The highest BCUT2D eigenvalue weighted by molar-refractivity contribution is 14.1. The third kappa shape index (κ3) is 4.06. The lowest BCUT2D eigenvalue weighted by Crippen LogP contribution is -2.16. The molecule has 0 saturated heterocycles. The number of ether oxygens (including phenoxy) is 1. The third-order valence-corrected chi connectivity index (χ3v) is 5.25. The zero-order valence-corrected chi connectivity index (χ0v) is 16.6. The van der Waals surface area contributed by atoms with Crippen LogP contribution in [0, 0.1) is 30.4 Å². The van der Waals surface area contributed by atoms with Gasteiger partial charge in [0.2, 0.25) is 17.4 Å². The molecule has 2 aromatic rings. The van der Waals surface area contributed by atoms with Crippen LogP contribution in [0.5, 0.6) is 5.75 Å². The van der Waals surface area contributed by atoms with Crippen LogP contribution in [-0.2, 0) is 10.1 Å². The second-order valence-corrected chi connectivity index (χ2v) is 8.11. The first-order valence-corrected chi connectivity index (χ1v) is 9.50. The maximum Gasteiger partial charge on any atom is 0.344 e. The Morgan fingerprint density at radius 3 is 2.00 bits per heavy atom. The highest BCUT2D eigenvalue weighted by Gasteiger charge is 2.31. The van der Waals surface area contributed by atoms with Gasteiger partial charge in [-0.25, -0.2) is 22.0 Å². The van der Waals surface area contributed by atoms with Gasteiger partial charge in [0.15, 0.2) is 11.6 Å². The van der Waals surface area contributed by atoms with Crippen LogP contribution < -0.4 is 4.74 Å². The van der Waals surface area contributed by atoms with E-state index >= 15 is 0 Å². The summed E-state index contributed by atoms with van der Waals surface area (Å²) in [7, 11) is -5.84. The average Bonchev–Trinajstić information content (AvgIpc) is 2.50. The summed E-state index contributed by atoms with van der Waals surface area (Å²) in [5.41, 5.74) is -0.146. The molecule has 0 aliphatic heterocycles. The van der Waals surface area contributed by atoms with Gasteiger partial charge >= 0.3 is 5.97 Å². The van der Waals surface area contributed by atoms with Crippen molar-refractivity contribution in [2.45, 2.75) is 4.90 Å². The molecule has 12 heteroatoms. The Balaban J connectivity index is 2.58. The van der Waals surface area contributed by atoms with Crippen LogP contribution in [0.15, 0.2) is 23.1 Å². The molecule has 0 aromatic heterocycles. The van der Waals surface area contributed by atoms with Crippen molar-refractivity contribution >= 4 is 61.3 Å². The Kier molecular flexibility index (Phi) is 5.95. The molecule has 0 aliphatic rings. The molecule has 2 aromatic carbocycles. The fourth-order valence-corrected chi connectivity index (χ4v) is 3.37. The first-order chi connectivity index (χ1) is 11.4. The summed E-state index contributed by atoms with van der Waals surface area (Å²) in [5, 5.41) is 0. The molecular weight excluding hydrogens is 598 g/mol. The number of carbonyl (C=O) groups excluding carboxylic acids is 1. The van der Waals surface area contributed by atoms with E-state index in [1.54, 1.807) is 28.7 Å². The molecule has 134 valence electrons. The quantitative estimate of drug-likeness (QED) is 0.134. The molecule has 2 rings (SSSR count). The van der Waals surface area contributed by atoms with E-state index in [1.807, 2.05) is 22.6 Å². The van der Waals surface area contributed by atoms with Crippen LogP contribution in [0.1, 0.15) is 10.4 Å². The number of hydrogen-bond acceptors (Lipinski definition) is 5. The van der Waals surface area contributed by atoms with Gasteiger partial charge in [0.05, 0.1) is 5.56 Å². The van der Waals surface area contributed by atoms with Gasteiger partial charge in [0.1, 0.15) is 15.0 Å². The zero-order chi connectivity index (χ0) is 19.1. The predicted octanol–water partition coefficient (Wildman–Crippen LogP) is 3.58. The Labute approximate surface area is 165 Å². The van der Waals surface area contributed by atoms with Crippen molar-refractivity contribution in [3.63, 3.8) is 0 Å². The monoisotopic (exact) mass is 601 g/mol. The number of rotatable bonds is 3. The van der Waals surface area contributed by atoms with E-state index < -0.39 is 50.0 Å². The zero-order valence-electron chi connectivity index (χ0n) is 11.4. The molecule has 0 atom stereocenters. The fourth-order valence-electron chi connectivity index (χ4n) is 1.70. The summed E-state index contributed by atoms with van der Waals surface area (Å²) < 4.78 is 92.4. The first kappa shape index (κ1) is 20.3. The number of benzene rings is 2. The van der Waals surface area contributed by atoms with Crippen LogP contribution in [0.4, 0.5) is 17.6 Å². The minimum absolute atomic E-state index is 0.146. The summed E-state index contributed by atoms with van der Waals surface area (Å²) in [4.78, 5) is 9.68. The second-order valence-electron chi connectivity index (χ2n) is 4.38. The van der Waals surface area contributed by atoms with Gasteiger partial charge in [-0.2, -0.15) is 8.78 Å². The molecule has 0 fully saturated rings. The molecule has 0 heterocycles. The van der Waals surface area contributed by atoms with E-state index in [9.17, 15) is 35.3 Å². The highest BCUT2D eigenvalue weighted by atomic mass is 127. The van der Waals surface area contributed by atoms with Crippen LogP contribution in [0.25, 0.3) is 0 Å². The minimum atomic E-state index is -5.84. The molecule has 0 aliphatic carbocycles. The summed E-state index contributed by atoms with van der Waals surface area (Å²) in [6, 6.07) is 4.40. The Bertz CT molecular complexity index is 965. The van der Waals surface area contributed by atoms with E-state index in [2.05, 4.69) is 4.74 Å². The van der Waals surface area contributed by atoms with Gasteiger partial charge < -0.3 is 9.29 Å². The van der Waals surface area contributed by atoms with Gasteiger partial charge in [-0.1, -0.05) is 0 Å². The normalized spacial score (nSPS) is 11.5. The molecule has 0 bridgehead atoms. The van der Waals surface area contributed by atoms with Crippen LogP contribution in [0.3, 0.4) is 0 Å². The van der Waals surface area contributed by atoms with Gasteiger partial charge in [-0.15, -0.1) is 0 Å². The first-order valence-electron chi connectivity index (χ1n) is 5.94. The second kappa shape index (κ2) is 7.32.